The van der Waals surface area contributed by atoms with E-state index in [9.17, 15) is 0 Å². The molecule has 1 aliphatic rings. The van der Waals surface area contributed by atoms with Gasteiger partial charge in [-0.05, 0) is 13.3 Å². The number of hydrogen-bond acceptors (Lipinski definition) is 4. The first-order chi connectivity index (χ1) is 8.54. The number of hydrogen-bond donors (Lipinski definition) is 1. The fraction of sp³-hybridized carbons (Fsp3) is 0.714. The molecule has 1 atom stereocenters. The van der Waals surface area contributed by atoms with E-state index in [4.69, 9.17) is 0 Å². The molecule has 0 unspecified atom stereocenters. The van der Waals surface area contributed by atoms with E-state index in [1.54, 1.807) is 6.33 Å². The Bertz CT molecular complexity index is 403. The van der Waals surface area contributed by atoms with Gasteiger partial charge in [-0.1, -0.05) is 20.8 Å². The fourth-order valence-corrected chi connectivity index (χ4v) is 2.24. The van der Waals surface area contributed by atoms with E-state index in [1.165, 1.54) is 0 Å². The Balaban J connectivity index is 2.26. The largest absolute Gasteiger partial charge is 0.351 e. The van der Waals surface area contributed by atoms with Crippen molar-refractivity contribution in [3.63, 3.8) is 0 Å². The van der Waals surface area contributed by atoms with Crippen LogP contribution in [0.4, 0.5) is 5.82 Å². The summed E-state index contributed by atoms with van der Waals surface area (Å²) in [7, 11) is 0. The molecule has 0 bridgehead atoms. The minimum atomic E-state index is 0.120. The molecule has 0 saturated carbocycles. The molecule has 18 heavy (non-hydrogen) atoms. The zero-order valence-corrected chi connectivity index (χ0v) is 11.9. The third-order valence-corrected chi connectivity index (χ3v) is 4.03. The molecule has 0 radical (unpaired) electrons. The van der Waals surface area contributed by atoms with Crippen molar-refractivity contribution in [2.24, 2.45) is 0 Å². The highest BCUT2D eigenvalue weighted by Gasteiger charge is 2.24. The van der Waals surface area contributed by atoms with Crippen molar-refractivity contribution in [2.75, 3.05) is 24.5 Å². The fourth-order valence-electron chi connectivity index (χ4n) is 2.24. The molecule has 1 N–H and O–H groups in total. The Morgan fingerprint density at radius 3 is 2.89 bits per heavy atom. The lowest BCUT2D eigenvalue weighted by molar-refractivity contribution is 0.481. The van der Waals surface area contributed by atoms with E-state index < -0.39 is 0 Å². The molecule has 0 amide bonds. The van der Waals surface area contributed by atoms with Crippen LogP contribution >= 0.6 is 0 Å². The Morgan fingerprint density at radius 2 is 2.22 bits per heavy atom. The van der Waals surface area contributed by atoms with Crippen molar-refractivity contribution in [3.8, 4) is 0 Å². The lowest BCUT2D eigenvalue weighted by atomic mass is 9.86. The lowest BCUT2D eigenvalue weighted by Gasteiger charge is -2.35. The third kappa shape index (κ3) is 2.64. The van der Waals surface area contributed by atoms with Gasteiger partial charge in [0.25, 0.3) is 0 Å². The highest BCUT2D eigenvalue weighted by molar-refractivity contribution is 5.42. The normalized spacial score (nSPS) is 21.1. The summed E-state index contributed by atoms with van der Waals surface area (Å²) in [6.07, 6.45) is 2.79. The van der Waals surface area contributed by atoms with Gasteiger partial charge in [-0.2, -0.15) is 0 Å². The molecule has 1 fully saturated rings. The lowest BCUT2D eigenvalue weighted by Crippen LogP contribution is -2.50. The van der Waals surface area contributed by atoms with Gasteiger partial charge in [0.15, 0.2) is 0 Å². The molecule has 4 nitrogen and oxygen atoms in total. The van der Waals surface area contributed by atoms with Gasteiger partial charge in [0.2, 0.25) is 0 Å². The number of nitrogens with one attached hydrogen (secondary N) is 1. The van der Waals surface area contributed by atoms with Crippen LogP contribution in [0.3, 0.4) is 0 Å². The second-order valence-electron chi connectivity index (χ2n) is 5.75. The van der Waals surface area contributed by atoms with E-state index >= 15 is 0 Å². The molecule has 1 aromatic rings. The van der Waals surface area contributed by atoms with Crippen LogP contribution in [0.25, 0.3) is 0 Å². The summed E-state index contributed by atoms with van der Waals surface area (Å²) in [6.45, 7) is 12.0. The van der Waals surface area contributed by atoms with Gasteiger partial charge in [-0.3, -0.25) is 0 Å². The first kappa shape index (κ1) is 13.3. The van der Waals surface area contributed by atoms with Crippen LogP contribution in [0.2, 0.25) is 0 Å². The van der Waals surface area contributed by atoms with Crippen LogP contribution in [0.15, 0.2) is 12.4 Å². The molecule has 0 spiro atoms. The van der Waals surface area contributed by atoms with Gasteiger partial charge in [-0.25, -0.2) is 9.97 Å². The predicted molar refractivity (Wildman–Crippen MR) is 75.0 cm³/mol. The Morgan fingerprint density at radius 1 is 1.44 bits per heavy atom. The summed E-state index contributed by atoms with van der Waals surface area (Å²) in [4.78, 5) is 11.3. The van der Waals surface area contributed by atoms with E-state index in [-0.39, 0.29) is 5.41 Å². The number of aromatic nitrogens is 2. The average Bonchev–Trinajstić information content (AvgIpc) is 2.39. The van der Waals surface area contributed by atoms with Crippen LogP contribution < -0.4 is 10.2 Å². The molecule has 0 aromatic carbocycles. The maximum Gasteiger partial charge on any atom is 0.132 e. The van der Waals surface area contributed by atoms with Crippen molar-refractivity contribution >= 4 is 5.82 Å². The summed E-state index contributed by atoms with van der Waals surface area (Å²) >= 11 is 0. The van der Waals surface area contributed by atoms with Crippen LogP contribution in [0.5, 0.6) is 0 Å². The Hall–Kier alpha value is -1.16. The highest BCUT2D eigenvalue weighted by atomic mass is 15.3. The number of anilines is 1. The SMILES string of the molecule is CCC(C)(C)c1cc(N2CCNC[C@@H]2C)ncn1. The summed E-state index contributed by atoms with van der Waals surface area (Å²) in [5.41, 5.74) is 1.26. The summed E-state index contributed by atoms with van der Waals surface area (Å²) in [6, 6.07) is 2.65. The van der Waals surface area contributed by atoms with Crippen molar-refractivity contribution in [1.29, 1.82) is 0 Å². The topological polar surface area (TPSA) is 41.0 Å². The quantitative estimate of drug-likeness (QED) is 0.888. The molecular weight excluding hydrogens is 224 g/mol. The summed E-state index contributed by atoms with van der Waals surface area (Å²) in [5, 5.41) is 3.41. The van der Waals surface area contributed by atoms with Gasteiger partial charge in [-0.15, -0.1) is 0 Å². The summed E-state index contributed by atoms with van der Waals surface area (Å²) in [5.74, 6) is 1.07. The maximum absolute atomic E-state index is 4.45. The number of piperazine rings is 1. The Kier molecular flexibility index (Phi) is 3.85. The molecule has 100 valence electrons. The second kappa shape index (κ2) is 5.22. The molecule has 0 aliphatic carbocycles. The van der Waals surface area contributed by atoms with E-state index in [1.807, 2.05) is 0 Å². The van der Waals surface area contributed by atoms with E-state index in [2.05, 4.69) is 53.9 Å². The van der Waals surface area contributed by atoms with Crippen molar-refractivity contribution in [3.05, 3.63) is 18.1 Å². The molecule has 1 aromatic heterocycles. The van der Waals surface area contributed by atoms with Crippen LogP contribution in [-0.2, 0) is 5.41 Å². The third-order valence-electron chi connectivity index (χ3n) is 4.03. The van der Waals surface area contributed by atoms with Gasteiger partial charge < -0.3 is 10.2 Å². The molecule has 2 rings (SSSR count). The standard InChI is InChI=1S/C14H24N4/c1-5-14(3,4)12-8-13(17-10-16-12)18-7-6-15-9-11(18)2/h8,10-11,15H,5-7,9H2,1-4H3/t11-/m0/s1. The Labute approximate surface area is 110 Å². The van der Waals surface area contributed by atoms with Gasteiger partial charge in [0.05, 0.1) is 5.69 Å². The zero-order valence-electron chi connectivity index (χ0n) is 11.9. The van der Waals surface area contributed by atoms with E-state index in [0.717, 1.165) is 37.6 Å². The van der Waals surface area contributed by atoms with Gasteiger partial charge in [0.1, 0.15) is 12.1 Å². The van der Waals surface area contributed by atoms with Gasteiger partial charge >= 0.3 is 0 Å². The molecule has 1 saturated heterocycles. The first-order valence-electron chi connectivity index (χ1n) is 6.84. The zero-order chi connectivity index (χ0) is 13.2. The average molecular weight is 248 g/mol. The van der Waals surface area contributed by atoms with E-state index in [0.29, 0.717) is 6.04 Å². The minimum absolute atomic E-state index is 0.120. The monoisotopic (exact) mass is 248 g/mol. The van der Waals surface area contributed by atoms with Crippen LogP contribution in [0.1, 0.15) is 39.8 Å². The van der Waals surface area contributed by atoms with Crippen molar-refractivity contribution in [1.82, 2.24) is 15.3 Å². The van der Waals surface area contributed by atoms with Crippen molar-refractivity contribution < 1.29 is 0 Å². The number of rotatable bonds is 3. The molecule has 1 aliphatic heterocycles. The highest BCUT2D eigenvalue weighted by Crippen LogP contribution is 2.27. The minimum Gasteiger partial charge on any atom is -0.351 e. The smallest absolute Gasteiger partial charge is 0.132 e. The number of nitrogens with zero attached hydrogens (tertiary/aromatic N) is 3. The molecular formula is C14H24N4. The summed E-state index contributed by atoms with van der Waals surface area (Å²) < 4.78 is 0. The maximum atomic E-state index is 4.45. The predicted octanol–water partition coefficient (Wildman–Crippen LogP) is 1.96. The molecule has 2 heterocycles. The van der Waals surface area contributed by atoms with Crippen LogP contribution in [-0.4, -0.2) is 35.6 Å². The van der Waals surface area contributed by atoms with Gasteiger partial charge in [0, 0.05) is 37.2 Å². The van der Waals surface area contributed by atoms with Crippen LogP contribution in [0, 0.1) is 0 Å². The first-order valence-corrected chi connectivity index (χ1v) is 6.84. The molecule has 4 heteroatoms. The van der Waals surface area contributed by atoms with Crippen molar-refractivity contribution in [2.45, 2.75) is 45.6 Å². The second-order valence-corrected chi connectivity index (χ2v) is 5.75.